The Labute approximate surface area is 200 Å². The average Bonchev–Trinajstić information content (AvgIpc) is 3.41. The number of amides is 1. The first-order valence-corrected chi connectivity index (χ1v) is 11.7. The number of aromatic nitrogens is 1. The first kappa shape index (κ1) is 21.9. The normalized spacial score (nSPS) is 17.5. The van der Waals surface area contributed by atoms with Crippen molar-refractivity contribution in [1.82, 2.24) is 4.98 Å². The Bertz CT molecular complexity index is 1420. The smallest absolute Gasteiger partial charge is 0.301 e. The molecule has 170 valence electrons. The third-order valence-electron chi connectivity index (χ3n) is 5.98. The van der Waals surface area contributed by atoms with Crippen molar-refractivity contribution in [2.24, 2.45) is 0 Å². The summed E-state index contributed by atoms with van der Waals surface area (Å²) >= 11 is 1.36. The fraction of sp³-hybridized carbons (Fsp3) is 0.148. The number of Topliss-reactive ketones (excluding diaryl/α,β-unsaturated/α-hetero) is 1. The van der Waals surface area contributed by atoms with Crippen LogP contribution in [0.4, 0.5) is 5.13 Å². The quantitative estimate of drug-likeness (QED) is 0.237. The molecule has 2 heterocycles. The summed E-state index contributed by atoms with van der Waals surface area (Å²) in [7, 11) is 1.55. The summed E-state index contributed by atoms with van der Waals surface area (Å²) in [4.78, 5) is 32.7. The van der Waals surface area contributed by atoms with Crippen molar-refractivity contribution in [2.45, 2.75) is 19.4 Å². The van der Waals surface area contributed by atoms with Gasteiger partial charge >= 0.3 is 5.91 Å². The zero-order chi connectivity index (χ0) is 23.8. The Morgan fingerprint density at radius 2 is 1.79 bits per heavy atom. The van der Waals surface area contributed by atoms with Gasteiger partial charge in [0.2, 0.25) is 0 Å². The Kier molecular flexibility index (Phi) is 5.63. The molecule has 4 aromatic rings. The highest BCUT2D eigenvalue weighted by Gasteiger charge is 2.48. The minimum absolute atomic E-state index is 0.0369. The van der Waals surface area contributed by atoms with Crippen molar-refractivity contribution in [3.63, 3.8) is 0 Å². The minimum atomic E-state index is -0.797. The van der Waals surface area contributed by atoms with E-state index in [0.717, 1.165) is 16.6 Å². The van der Waals surface area contributed by atoms with E-state index in [1.807, 2.05) is 42.5 Å². The molecule has 1 aliphatic rings. The van der Waals surface area contributed by atoms with Crippen LogP contribution in [0.2, 0.25) is 0 Å². The van der Waals surface area contributed by atoms with E-state index in [-0.39, 0.29) is 11.3 Å². The van der Waals surface area contributed by atoms with Crippen LogP contribution in [0.15, 0.2) is 78.4 Å². The lowest BCUT2D eigenvalue weighted by molar-refractivity contribution is -0.132. The molecule has 34 heavy (non-hydrogen) atoms. The molecule has 6 nitrogen and oxygen atoms in total. The van der Waals surface area contributed by atoms with Crippen LogP contribution in [0.5, 0.6) is 5.75 Å². The van der Waals surface area contributed by atoms with E-state index in [4.69, 9.17) is 4.74 Å². The highest BCUT2D eigenvalue weighted by molar-refractivity contribution is 7.22. The number of nitrogens with zero attached hydrogens (tertiary/aromatic N) is 2. The van der Waals surface area contributed by atoms with Crippen LogP contribution in [0.25, 0.3) is 16.0 Å². The van der Waals surface area contributed by atoms with Crippen LogP contribution in [-0.4, -0.2) is 28.9 Å². The summed E-state index contributed by atoms with van der Waals surface area (Å²) in [5.41, 5.74) is 3.11. The summed E-state index contributed by atoms with van der Waals surface area (Å²) < 4.78 is 6.13. The maximum absolute atomic E-state index is 13.3. The predicted molar refractivity (Wildman–Crippen MR) is 133 cm³/mol. The molecule has 3 aromatic carbocycles. The number of rotatable bonds is 5. The lowest BCUT2D eigenvalue weighted by Crippen LogP contribution is -2.29. The molecule has 1 fully saturated rings. The molecule has 1 saturated heterocycles. The van der Waals surface area contributed by atoms with E-state index in [0.29, 0.717) is 22.0 Å². The third-order valence-corrected chi connectivity index (χ3v) is 7.00. The van der Waals surface area contributed by atoms with Crippen LogP contribution in [0.3, 0.4) is 0 Å². The predicted octanol–water partition coefficient (Wildman–Crippen LogP) is 5.49. The van der Waals surface area contributed by atoms with Gasteiger partial charge < -0.3 is 9.84 Å². The molecule has 1 amide bonds. The van der Waals surface area contributed by atoms with Crippen molar-refractivity contribution >= 4 is 44.1 Å². The number of ketones is 1. The van der Waals surface area contributed by atoms with E-state index in [1.165, 1.54) is 21.8 Å². The molecule has 1 aliphatic heterocycles. The molecule has 0 aliphatic carbocycles. The molecule has 7 heteroatoms. The molecular formula is C27H22N2O4S. The van der Waals surface area contributed by atoms with Gasteiger partial charge in [0.15, 0.2) is 5.13 Å². The zero-order valence-corrected chi connectivity index (χ0v) is 19.5. The van der Waals surface area contributed by atoms with Crippen LogP contribution in [0, 0.1) is 0 Å². The molecule has 0 saturated carbocycles. The molecule has 1 atom stereocenters. The maximum atomic E-state index is 13.3. The minimum Gasteiger partial charge on any atom is -0.507 e. The number of anilines is 1. The largest absolute Gasteiger partial charge is 0.507 e. The van der Waals surface area contributed by atoms with E-state index in [9.17, 15) is 14.7 Å². The molecular weight excluding hydrogens is 448 g/mol. The number of fused-ring (bicyclic) bond motifs is 1. The molecule has 0 bridgehead atoms. The number of benzene rings is 3. The summed E-state index contributed by atoms with van der Waals surface area (Å²) in [6, 6.07) is 21.1. The molecule has 0 unspecified atom stereocenters. The van der Waals surface area contributed by atoms with Crippen molar-refractivity contribution in [2.75, 3.05) is 12.0 Å². The van der Waals surface area contributed by atoms with Gasteiger partial charge in [0.1, 0.15) is 11.5 Å². The highest BCUT2D eigenvalue weighted by atomic mass is 32.1. The second-order valence-corrected chi connectivity index (χ2v) is 8.97. The van der Waals surface area contributed by atoms with E-state index < -0.39 is 17.7 Å². The highest BCUT2D eigenvalue weighted by Crippen LogP contribution is 2.44. The Morgan fingerprint density at radius 1 is 1.06 bits per heavy atom. The van der Waals surface area contributed by atoms with Crippen molar-refractivity contribution in [1.29, 1.82) is 0 Å². The van der Waals surface area contributed by atoms with E-state index >= 15 is 0 Å². The van der Waals surface area contributed by atoms with E-state index in [1.54, 1.807) is 31.4 Å². The summed E-state index contributed by atoms with van der Waals surface area (Å²) in [5, 5.41) is 11.6. The standard InChI is InChI=1S/C27H22N2O4S/c1-3-16-9-14-20-21(15-16)34-27(28-20)29-23(17-7-5-4-6-8-17)22(25(31)26(29)32)24(30)18-10-12-19(33-2)13-11-18/h4-15,23,30H,3H2,1-2H3/b24-22+/t23-/m0/s1. The Morgan fingerprint density at radius 3 is 2.47 bits per heavy atom. The van der Waals surface area contributed by atoms with Crippen molar-refractivity contribution < 1.29 is 19.4 Å². The number of ether oxygens (including phenoxy) is 1. The number of thiazole rings is 1. The number of hydrogen-bond donors (Lipinski definition) is 1. The monoisotopic (exact) mass is 470 g/mol. The summed E-state index contributed by atoms with van der Waals surface area (Å²) in [6.07, 6.45) is 0.888. The van der Waals surface area contributed by atoms with Gasteiger partial charge in [0.05, 0.1) is 28.9 Å². The lowest BCUT2D eigenvalue weighted by Gasteiger charge is -2.22. The first-order valence-electron chi connectivity index (χ1n) is 10.9. The van der Waals surface area contributed by atoms with E-state index in [2.05, 4.69) is 18.0 Å². The topological polar surface area (TPSA) is 79.7 Å². The number of aryl methyl sites for hydroxylation is 1. The van der Waals surface area contributed by atoms with Gasteiger partial charge in [-0.1, -0.05) is 54.7 Å². The van der Waals surface area contributed by atoms with Crippen LogP contribution < -0.4 is 9.64 Å². The van der Waals surface area contributed by atoms with Gasteiger partial charge in [-0.2, -0.15) is 0 Å². The summed E-state index contributed by atoms with van der Waals surface area (Å²) in [5.74, 6) is -1.06. The molecule has 0 radical (unpaired) electrons. The second kappa shape index (κ2) is 8.76. The van der Waals surface area contributed by atoms with Crippen molar-refractivity contribution in [3.8, 4) is 5.75 Å². The molecule has 0 spiro atoms. The fourth-order valence-electron chi connectivity index (χ4n) is 4.16. The van der Waals surface area contributed by atoms with Gasteiger partial charge in [0.25, 0.3) is 5.78 Å². The molecule has 1 aromatic heterocycles. The fourth-order valence-corrected chi connectivity index (χ4v) is 5.22. The second-order valence-electron chi connectivity index (χ2n) is 7.96. The Balaban J connectivity index is 1.69. The molecule has 1 N–H and O–H groups in total. The SMILES string of the molecule is CCc1ccc2nc(N3C(=O)C(=O)/C(=C(/O)c4ccc(OC)cc4)[C@@H]3c3ccccc3)sc2c1. The number of methoxy groups -OCH3 is 1. The zero-order valence-electron chi connectivity index (χ0n) is 18.7. The van der Waals surface area contributed by atoms with Gasteiger partial charge in [-0.05, 0) is 53.9 Å². The van der Waals surface area contributed by atoms with Crippen LogP contribution >= 0.6 is 11.3 Å². The van der Waals surface area contributed by atoms with Crippen LogP contribution in [0.1, 0.15) is 29.7 Å². The van der Waals surface area contributed by atoms with Gasteiger partial charge in [0, 0.05) is 5.56 Å². The lowest BCUT2D eigenvalue weighted by atomic mass is 9.95. The first-order chi connectivity index (χ1) is 16.5. The number of carbonyl (C=O) groups is 2. The van der Waals surface area contributed by atoms with Gasteiger partial charge in [-0.25, -0.2) is 4.98 Å². The number of aliphatic hydroxyl groups excluding tert-OH is 1. The van der Waals surface area contributed by atoms with Gasteiger partial charge in [-0.3, -0.25) is 14.5 Å². The number of aliphatic hydroxyl groups is 1. The Hall–Kier alpha value is -3.97. The molecule has 5 rings (SSSR count). The summed E-state index contributed by atoms with van der Waals surface area (Å²) in [6.45, 7) is 2.08. The van der Waals surface area contributed by atoms with Crippen molar-refractivity contribution in [3.05, 3.63) is 95.1 Å². The maximum Gasteiger partial charge on any atom is 0.301 e. The third kappa shape index (κ3) is 3.64. The average molecular weight is 471 g/mol. The van der Waals surface area contributed by atoms with Gasteiger partial charge in [-0.15, -0.1) is 0 Å². The van der Waals surface area contributed by atoms with Crippen LogP contribution in [-0.2, 0) is 16.0 Å². The number of carbonyl (C=O) groups excluding carboxylic acids is 2. The number of hydrogen-bond acceptors (Lipinski definition) is 6.